The van der Waals surface area contributed by atoms with Crippen LogP contribution in [0.4, 0.5) is 0 Å². The van der Waals surface area contributed by atoms with E-state index in [0.717, 1.165) is 6.42 Å². The van der Waals surface area contributed by atoms with E-state index in [1.807, 2.05) is 0 Å². The molecule has 0 atom stereocenters. The number of hydrogen-bond acceptors (Lipinski definition) is 0. The Balaban J connectivity index is 1.80. The average Bonchev–Trinajstić information content (AvgIpc) is 3.15. The molecule has 0 radical (unpaired) electrons. The van der Waals surface area contributed by atoms with Gasteiger partial charge in [-0.1, -0.05) is 120 Å². The molecule has 1 aliphatic carbocycles. The van der Waals surface area contributed by atoms with E-state index in [1.54, 1.807) is 5.20 Å². The largest absolute Gasteiger partial charge is 0.133 e. The Hall–Kier alpha value is -2.64. The summed E-state index contributed by atoms with van der Waals surface area (Å²) in [6.07, 6.45) is 7.19. The van der Waals surface area contributed by atoms with Gasteiger partial charge in [-0.2, -0.15) is 0 Å². The molecule has 0 fully saturated rings. The number of rotatable bonds is 7. The zero-order chi connectivity index (χ0) is 20.1. The fraction of sp³-hybridized carbons (Fsp3) is 0.214. The van der Waals surface area contributed by atoms with Crippen LogP contribution < -0.4 is 10.4 Å². The molecule has 4 rings (SSSR count). The highest BCUT2D eigenvalue weighted by atomic mass is 28.3. The van der Waals surface area contributed by atoms with E-state index in [-0.39, 0.29) is 0 Å². The van der Waals surface area contributed by atoms with Crippen molar-refractivity contribution in [3.05, 3.63) is 113 Å². The second kappa shape index (κ2) is 9.24. The first kappa shape index (κ1) is 19.7. The first-order valence-electron chi connectivity index (χ1n) is 10.9. The van der Waals surface area contributed by atoms with Crippen LogP contribution in [0, 0.1) is 0 Å². The highest BCUT2D eigenvalue weighted by Gasteiger charge is 2.28. The van der Waals surface area contributed by atoms with Crippen LogP contribution in [-0.2, 0) is 6.42 Å². The van der Waals surface area contributed by atoms with Crippen LogP contribution in [0.1, 0.15) is 44.2 Å². The molecular weight excluding hydrogens is 364 g/mol. The van der Waals surface area contributed by atoms with Crippen molar-refractivity contribution < 1.29 is 0 Å². The van der Waals surface area contributed by atoms with E-state index in [4.69, 9.17) is 0 Å². The molecule has 0 heterocycles. The maximum absolute atomic E-state index is 2.43. The van der Waals surface area contributed by atoms with E-state index >= 15 is 0 Å². The van der Waals surface area contributed by atoms with E-state index in [1.165, 1.54) is 51.9 Å². The van der Waals surface area contributed by atoms with Crippen molar-refractivity contribution in [1.29, 1.82) is 0 Å². The number of benzene rings is 3. The zero-order valence-corrected chi connectivity index (χ0v) is 18.7. The molecule has 0 nitrogen and oxygen atoms in total. The molecule has 0 aliphatic heterocycles. The van der Waals surface area contributed by atoms with Crippen LogP contribution in [0.3, 0.4) is 0 Å². The van der Waals surface area contributed by atoms with Crippen LogP contribution in [-0.4, -0.2) is 8.80 Å². The van der Waals surface area contributed by atoms with Gasteiger partial charge in [0.05, 0.1) is 0 Å². The molecule has 1 heteroatoms. The third-order valence-corrected chi connectivity index (χ3v) is 9.52. The summed E-state index contributed by atoms with van der Waals surface area (Å²) in [5.41, 5.74) is 5.87. The highest BCUT2D eigenvalue weighted by molar-refractivity contribution is 6.92. The molecule has 1 aliphatic rings. The second-order valence-electron chi connectivity index (χ2n) is 8.04. The fourth-order valence-electron chi connectivity index (χ4n) is 4.46. The minimum absolute atomic E-state index is 1.05. The van der Waals surface area contributed by atoms with Crippen molar-refractivity contribution in [1.82, 2.24) is 0 Å². The average molecular weight is 395 g/mol. The summed E-state index contributed by atoms with van der Waals surface area (Å²) in [7, 11) is -1.51. The minimum atomic E-state index is -1.51. The normalized spacial score (nSPS) is 13.8. The molecule has 3 aromatic rings. The molecule has 0 unspecified atom stereocenters. The van der Waals surface area contributed by atoms with Crippen molar-refractivity contribution in [3.63, 3.8) is 0 Å². The standard InChI is InChI=1S/C28H30Si/c1-3-4-11-23-17-19-24(20-18-23)27-21-16-22(2)28(27)29(25-12-7-5-8-13-25)26-14-9-6-10-15-26/h5-10,12-20,29H,3-4,11,21H2,1-2H3. The van der Waals surface area contributed by atoms with Gasteiger partial charge < -0.3 is 0 Å². The lowest BCUT2D eigenvalue weighted by molar-refractivity contribution is 0.795. The quantitative estimate of drug-likeness (QED) is 0.450. The van der Waals surface area contributed by atoms with Gasteiger partial charge in [0.2, 0.25) is 0 Å². The van der Waals surface area contributed by atoms with Gasteiger partial charge in [0.1, 0.15) is 8.80 Å². The van der Waals surface area contributed by atoms with Gasteiger partial charge in [-0.25, -0.2) is 0 Å². The Bertz CT molecular complexity index is 956. The van der Waals surface area contributed by atoms with Crippen LogP contribution in [0.25, 0.3) is 5.57 Å². The summed E-state index contributed by atoms with van der Waals surface area (Å²) < 4.78 is 0. The second-order valence-corrected chi connectivity index (χ2v) is 10.8. The lowest BCUT2D eigenvalue weighted by atomic mass is 10.0. The molecule has 29 heavy (non-hydrogen) atoms. The van der Waals surface area contributed by atoms with Gasteiger partial charge in [-0.3, -0.25) is 0 Å². The Morgan fingerprint density at radius 1 is 0.759 bits per heavy atom. The maximum atomic E-state index is 2.43. The van der Waals surface area contributed by atoms with E-state index in [2.05, 4.69) is 105 Å². The summed E-state index contributed by atoms with van der Waals surface area (Å²) in [4.78, 5) is 0. The van der Waals surface area contributed by atoms with Crippen LogP contribution in [0.5, 0.6) is 0 Å². The molecular formula is C28H30Si. The third-order valence-electron chi connectivity index (χ3n) is 6.04. The lowest BCUT2D eigenvalue weighted by Gasteiger charge is -2.22. The van der Waals surface area contributed by atoms with E-state index in [0.29, 0.717) is 0 Å². The van der Waals surface area contributed by atoms with Crippen molar-refractivity contribution in [2.75, 3.05) is 0 Å². The predicted molar refractivity (Wildman–Crippen MR) is 130 cm³/mol. The van der Waals surface area contributed by atoms with Gasteiger partial charge in [0, 0.05) is 0 Å². The molecule has 3 aromatic carbocycles. The Labute approximate surface area is 177 Å². The summed E-state index contributed by atoms with van der Waals surface area (Å²) in [6.45, 7) is 4.57. The highest BCUT2D eigenvalue weighted by Crippen LogP contribution is 2.35. The lowest BCUT2D eigenvalue weighted by Crippen LogP contribution is -2.44. The van der Waals surface area contributed by atoms with Crippen molar-refractivity contribution >= 4 is 24.7 Å². The third kappa shape index (κ3) is 4.36. The van der Waals surface area contributed by atoms with Gasteiger partial charge in [0.25, 0.3) is 0 Å². The summed E-state index contributed by atoms with van der Waals surface area (Å²) in [5.74, 6) is 0. The number of hydrogen-bond donors (Lipinski definition) is 0. The number of unbranched alkanes of at least 4 members (excludes halogenated alkanes) is 1. The smallest absolute Gasteiger partial charge is 0.0773 e. The topological polar surface area (TPSA) is 0 Å². The van der Waals surface area contributed by atoms with Crippen molar-refractivity contribution in [2.24, 2.45) is 0 Å². The minimum Gasteiger partial charge on any atom is -0.0773 e. The van der Waals surface area contributed by atoms with Crippen LogP contribution in [0.15, 0.2) is 102 Å². The molecule has 146 valence electrons. The first-order chi connectivity index (χ1) is 14.3. The monoisotopic (exact) mass is 394 g/mol. The molecule has 0 spiro atoms. The Kier molecular flexibility index (Phi) is 6.26. The molecule has 0 aromatic heterocycles. The Morgan fingerprint density at radius 2 is 1.34 bits per heavy atom. The molecule has 0 N–H and O–H groups in total. The van der Waals surface area contributed by atoms with E-state index in [9.17, 15) is 0 Å². The number of allylic oxidation sites excluding steroid dienone is 4. The van der Waals surface area contributed by atoms with Crippen LogP contribution >= 0.6 is 0 Å². The van der Waals surface area contributed by atoms with Gasteiger partial charge in [-0.05, 0) is 48.1 Å². The molecule has 0 saturated heterocycles. The summed E-state index contributed by atoms with van der Waals surface area (Å²) in [5, 5.41) is 4.62. The summed E-state index contributed by atoms with van der Waals surface area (Å²) >= 11 is 0. The number of aryl methyl sites for hydroxylation is 1. The van der Waals surface area contributed by atoms with Gasteiger partial charge in [-0.15, -0.1) is 0 Å². The predicted octanol–water partition coefficient (Wildman–Crippen LogP) is 5.71. The zero-order valence-electron chi connectivity index (χ0n) is 17.6. The fourth-order valence-corrected chi connectivity index (χ4v) is 7.93. The van der Waals surface area contributed by atoms with Gasteiger partial charge in [0.15, 0.2) is 0 Å². The molecule has 0 saturated carbocycles. The van der Waals surface area contributed by atoms with E-state index < -0.39 is 8.80 Å². The van der Waals surface area contributed by atoms with Crippen molar-refractivity contribution in [3.8, 4) is 0 Å². The SMILES string of the molecule is CCCCc1ccc(C2=C([SiH](c3ccccc3)c3ccccc3)C(C)=CC2)cc1. The van der Waals surface area contributed by atoms with Crippen molar-refractivity contribution in [2.45, 2.75) is 39.5 Å². The maximum Gasteiger partial charge on any atom is 0.133 e. The van der Waals surface area contributed by atoms with Crippen LogP contribution in [0.2, 0.25) is 0 Å². The molecule has 0 bridgehead atoms. The Morgan fingerprint density at radius 3 is 1.90 bits per heavy atom. The summed E-state index contributed by atoms with van der Waals surface area (Å²) in [6, 6.07) is 31.7. The molecule has 0 amide bonds. The first-order valence-corrected chi connectivity index (χ1v) is 12.6. The van der Waals surface area contributed by atoms with Gasteiger partial charge >= 0.3 is 0 Å².